The number of aliphatic hydroxyl groups excluding tert-OH is 3. The van der Waals surface area contributed by atoms with E-state index >= 15 is 4.79 Å². The van der Waals surface area contributed by atoms with Crippen LogP contribution < -0.4 is 81.4 Å². The highest BCUT2D eigenvalue weighted by molar-refractivity contribution is 5.99. The van der Waals surface area contributed by atoms with Crippen molar-refractivity contribution in [2.75, 3.05) is 26.2 Å². The number of primary amides is 1. The van der Waals surface area contributed by atoms with Crippen LogP contribution in [0.2, 0.25) is 0 Å². The molecule has 1 fully saturated rings. The maximum absolute atomic E-state index is 15.4. The average Bonchev–Trinajstić information content (AvgIpc) is 1.13. The highest BCUT2D eigenvalue weighted by Gasteiger charge is 2.41. The van der Waals surface area contributed by atoms with Gasteiger partial charge in [0.1, 0.15) is 48.3 Å². The first-order chi connectivity index (χ1) is 42.6. The smallest absolute Gasteiger partial charge is 0.245 e. The van der Waals surface area contributed by atoms with Crippen molar-refractivity contribution in [2.45, 2.75) is 200 Å². The topological polar surface area (TPSA) is 514 Å². The van der Waals surface area contributed by atoms with Crippen molar-refractivity contribution in [3.63, 3.8) is 0 Å². The summed E-state index contributed by atoms with van der Waals surface area (Å²) in [6.45, 7) is 15.6. The SMILES string of the molecule is CCC(CC)[C@@H]1NC(=O)[C@@H](CCCN=C(N)N)NC(=O)[C@H](CC(C)C)NC(=O)[C@H]([C@H](O)C(C)C)NC(=O)[C@@H](CNC(=O)[C@H](CC(C)C)NC(=O)[C@H](N)CC(C)C)[C@@H](c2ccccc2)NC(=O)[C@H](CO)NC(=O)[C@H](CC(N)=O)NC(=O)CNC(=O)[C@H]([C@@H](C)O)NC1=O. The van der Waals surface area contributed by atoms with E-state index < -0.39 is 187 Å². The second kappa shape index (κ2) is 39.3. The molecule has 2 rings (SSSR count). The highest BCUT2D eigenvalue weighted by Crippen LogP contribution is 2.25. The molecule has 91 heavy (non-hydrogen) atoms. The van der Waals surface area contributed by atoms with Crippen LogP contribution >= 0.6 is 0 Å². The van der Waals surface area contributed by atoms with Crippen LogP contribution in [0.15, 0.2) is 35.3 Å². The van der Waals surface area contributed by atoms with Gasteiger partial charge in [0.05, 0.1) is 49.8 Å². The molecule has 0 spiro atoms. The summed E-state index contributed by atoms with van der Waals surface area (Å²) in [5.41, 5.74) is 23.0. The summed E-state index contributed by atoms with van der Waals surface area (Å²) in [7, 11) is 0. The van der Waals surface area contributed by atoms with E-state index in [-0.39, 0.29) is 80.8 Å². The van der Waals surface area contributed by atoms with Gasteiger partial charge < -0.3 is 96.7 Å². The molecule has 0 aliphatic carbocycles. The lowest BCUT2D eigenvalue weighted by atomic mass is 9.90. The minimum absolute atomic E-state index is 0.0143. The number of hydrogen-bond acceptors (Lipinski definition) is 17. The molecule has 1 aliphatic rings. The van der Waals surface area contributed by atoms with Gasteiger partial charge in [-0.1, -0.05) is 112 Å². The number of nitrogens with zero attached hydrogens (tertiary/aromatic N) is 1. The van der Waals surface area contributed by atoms with Gasteiger partial charge in [-0.2, -0.15) is 0 Å². The number of aliphatic imine (C=N–C) groups is 1. The number of benzene rings is 1. The summed E-state index contributed by atoms with van der Waals surface area (Å²) in [5, 5.41) is 61.2. The minimum Gasteiger partial charge on any atom is -0.394 e. The van der Waals surface area contributed by atoms with E-state index in [1.807, 2.05) is 13.8 Å². The molecule has 0 unspecified atom stereocenters. The predicted molar refractivity (Wildman–Crippen MR) is 336 cm³/mol. The van der Waals surface area contributed by atoms with Crippen molar-refractivity contribution in [1.82, 2.24) is 58.5 Å². The Balaban J connectivity index is 3.08. The van der Waals surface area contributed by atoms with E-state index in [1.54, 1.807) is 47.6 Å². The molecule has 1 saturated heterocycles. The Kier molecular flexibility index (Phi) is 34.1. The fraction of sp³-hybridized carbons (Fsp3) is 0.683. The molecule has 0 bridgehead atoms. The molecule has 13 atom stereocenters. The molecule has 31 nitrogen and oxygen atoms in total. The van der Waals surface area contributed by atoms with Crippen molar-refractivity contribution in [2.24, 2.45) is 63.4 Å². The lowest BCUT2D eigenvalue weighted by Crippen LogP contribution is -2.63. The van der Waals surface area contributed by atoms with Gasteiger partial charge in [0.25, 0.3) is 0 Å². The van der Waals surface area contributed by atoms with Gasteiger partial charge in [-0.25, -0.2) is 0 Å². The van der Waals surface area contributed by atoms with E-state index in [2.05, 4.69) is 63.5 Å². The molecule has 1 aliphatic heterocycles. The molecular formula is C60H102N16O15. The number of amides is 12. The van der Waals surface area contributed by atoms with Crippen molar-refractivity contribution < 1.29 is 72.9 Å². The Labute approximate surface area is 532 Å². The summed E-state index contributed by atoms with van der Waals surface area (Å²) in [5.74, 6) is -16.2. The number of carbonyl (C=O) groups excluding carboxylic acids is 12. The highest BCUT2D eigenvalue weighted by atomic mass is 16.3. The summed E-state index contributed by atoms with van der Waals surface area (Å²) < 4.78 is 0. The fourth-order valence-corrected chi connectivity index (χ4v) is 10.0. The maximum Gasteiger partial charge on any atom is 0.245 e. The summed E-state index contributed by atoms with van der Waals surface area (Å²) in [6.07, 6.45) is -3.51. The number of rotatable bonds is 25. The Hall–Kier alpha value is -8.03. The van der Waals surface area contributed by atoms with Crippen LogP contribution in [0.5, 0.6) is 0 Å². The molecule has 1 aromatic rings. The molecule has 22 N–H and O–H groups in total. The zero-order valence-corrected chi connectivity index (χ0v) is 54.3. The van der Waals surface area contributed by atoms with E-state index in [9.17, 15) is 68.1 Å². The number of guanidine groups is 1. The van der Waals surface area contributed by atoms with E-state index in [0.29, 0.717) is 0 Å². The minimum atomic E-state index is -1.94. The van der Waals surface area contributed by atoms with Crippen molar-refractivity contribution in [1.29, 1.82) is 0 Å². The first kappa shape index (κ1) is 79.1. The van der Waals surface area contributed by atoms with Gasteiger partial charge in [-0.05, 0) is 74.2 Å². The lowest BCUT2D eigenvalue weighted by molar-refractivity contribution is -0.139. The van der Waals surface area contributed by atoms with E-state index in [1.165, 1.54) is 38.1 Å². The second-order valence-corrected chi connectivity index (χ2v) is 24.6. The van der Waals surface area contributed by atoms with Gasteiger partial charge in [0.15, 0.2) is 5.96 Å². The molecule has 512 valence electrons. The molecular weight excluding hydrogens is 1180 g/mol. The van der Waals surface area contributed by atoms with Crippen LogP contribution in [0, 0.1) is 35.5 Å². The average molecular weight is 1290 g/mol. The second-order valence-electron chi connectivity index (χ2n) is 24.6. The summed E-state index contributed by atoms with van der Waals surface area (Å²) in [4.78, 5) is 174. The first-order valence-electron chi connectivity index (χ1n) is 31.0. The molecule has 0 saturated carbocycles. The molecule has 31 heteroatoms. The third kappa shape index (κ3) is 27.1. The maximum atomic E-state index is 15.4. The standard InChI is InChI=1S/C60H102N16O15/c1-12-34(13-2)47-58(90)73-45(33(11)78)57(89)67-27-44(80)68-41(25-43(62)79)55(87)72-42(28-77)56(88)74-46(35-18-15-14-16-19-35)36(26-66-52(84)39(23-30(5)6)70-51(83)37(61)22-29(3)4)50(82)76-48(49(81)32(9)10)59(91)71-40(24-31(7)8)54(86)69-38(53(85)75-47)20-17-21-65-60(63)64/h14-16,18-19,29-34,36-42,45-49,77-78,81H,12-13,17,20-28,61H2,1-11H3,(H2,62,79)(H,66,84)(H,67,89)(H,68,80)(H,69,86)(H,70,83)(H,71,91)(H,72,87)(H,73,90)(H,74,88)(H,75,85)(H,76,82)(H4,63,64,65)/t33-,36+,37-,38-,39+,40+,41+,42+,45+,46-,47+,48+,49-/m1/s1. The van der Waals surface area contributed by atoms with Crippen LogP contribution in [0.1, 0.15) is 139 Å². The monoisotopic (exact) mass is 1290 g/mol. The zero-order valence-electron chi connectivity index (χ0n) is 54.3. The lowest BCUT2D eigenvalue weighted by Gasteiger charge is -2.33. The third-order valence-corrected chi connectivity index (χ3v) is 15.1. The van der Waals surface area contributed by atoms with Crippen molar-refractivity contribution in [3.05, 3.63) is 35.9 Å². The number of nitrogens with one attached hydrogen (secondary N) is 11. The van der Waals surface area contributed by atoms with Gasteiger partial charge in [-0.3, -0.25) is 62.5 Å². The van der Waals surface area contributed by atoms with Crippen molar-refractivity contribution in [3.8, 4) is 0 Å². The van der Waals surface area contributed by atoms with Crippen LogP contribution in [0.3, 0.4) is 0 Å². The number of hydrogen-bond donors (Lipinski definition) is 18. The van der Waals surface area contributed by atoms with Crippen LogP contribution in [-0.2, 0) is 57.5 Å². The predicted octanol–water partition coefficient (Wildman–Crippen LogP) is -4.19. The Bertz CT molecular complexity index is 2640. The Morgan fingerprint density at radius 2 is 1.15 bits per heavy atom. The molecule has 0 radical (unpaired) electrons. The third-order valence-electron chi connectivity index (χ3n) is 15.1. The number of carbonyl (C=O) groups is 12. The molecule has 0 aromatic heterocycles. The quantitative estimate of drug-likeness (QED) is 0.0251. The molecule has 12 amide bonds. The van der Waals surface area contributed by atoms with Crippen LogP contribution in [0.25, 0.3) is 0 Å². The number of nitrogens with two attached hydrogens (primary N) is 4. The van der Waals surface area contributed by atoms with Gasteiger partial charge in [0.2, 0.25) is 70.9 Å². The van der Waals surface area contributed by atoms with Crippen molar-refractivity contribution >= 4 is 76.8 Å². The van der Waals surface area contributed by atoms with Crippen LogP contribution in [-0.4, -0.2) is 185 Å². The van der Waals surface area contributed by atoms with Crippen LogP contribution in [0.4, 0.5) is 0 Å². The van der Waals surface area contributed by atoms with Gasteiger partial charge in [-0.15, -0.1) is 0 Å². The van der Waals surface area contributed by atoms with E-state index in [4.69, 9.17) is 22.9 Å². The largest absolute Gasteiger partial charge is 0.394 e. The normalized spacial score (nSPS) is 23.9. The first-order valence-corrected chi connectivity index (χ1v) is 31.0. The Morgan fingerprint density at radius 3 is 1.69 bits per heavy atom. The van der Waals surface area contributed by atoms with Gasteiger partial charge in [0, 0.05) is 13.1 Å². The molecule has 1 heterocycles. The van der Waals surface area contributed by atoms with Gasteiger partial charge >= 0.3 is 0 Å². The number of aliphatic hydroxyl groups is 3. The Morgan fingerprint density at radius 1 is 0.615 bits per heavy atom. The zero-order chi connectivity index (χ0) is 69.0. The fourth-order valence-electron chi connectivity index (χ4n) is 10.0. The summed E-state index contributed by atoms with van der Waals surface area (Å²) in [6, 6.07) is -8.09. The molecule has 1 aromatic carbocycles. The summed E-state index contributed by atoms with van der Waals surface area (Å²) >= 11 is 0. The van der Waals surface area contributed by atoms with E-state index in [0.717, 1.165) is 6.92 Å².